The summed E-state index contributed by atoms with van der Waals surface area (Å²) in [5.41, 5.74) is 0. The molecule has 0 aromatic rings. The zero-order chi connectivity index (χ0) is 28.3. The van der Waals surface area contributed by atoms with E-state index in [4.69, 9.17) is 0 Å². The van der Waals surface area contributed by atoms with Crippen LogP contribution in [0.25, 0.3) is 0 Å². The first-order valence-electron chi connectivity index (χ1n) is 14.5. The van der Waals surface area contributed by atoms with Gasteiger partial charge in [0.05, 0.1) is 17.9 Å². The number of carbonyl (C=O) groups excluding carboxylic acids is 1. The second-order valence-electron chi connectivity index (χ2n) is 9.63. The average Bonchev–Trinajstić information content (AvgIpc) is 2.86. The molecule has 38 heavy (non-hydrogen) atoms. The second kappa shape index (κ2) is 25.3. The molecule has 7 heteroatoms. The summed E-state index contributed by atoms with van der Waals surface area (Å²) in [6.07, 6.45) is 33.5. The van der Waals surface area contributed by atoms with Crippen LogP contribution in [-0.4, -0.2) is 41.9 Å². The Labute approximate surface area is 232 Å². The number of aliphatic hydroxyl groups is 1. The molecule has 218 valence electrons. The van der Waals surface area contributed by atoms with E-state index >= 15 is 0 Å². The maximum Gasteiger partial charge on any atom is 0.267 e. The SMILES string of the molecule is CC/C=C\C/C=C\C/C=C\CCCCCC(=O)NC(CS(=O)(=O)O)C(O)/C=C/CC/C=C/CCCCCC. The minimum Gasteiger partial charge on any atom is -0.387 e. The zero-order valence-corrected chi connectivity index (χ0v) is 24.6. The van der Waals surface area contributed by atoms with Crippen molar-refractivity contribution in [1.82, 2.24) is 5.32 Å². The molecule has 0 rings (SSSR count). The molecule has 6 nitrogen and oxygen atoms in total. The molecule has 0 aromatic carbocycles. The molecule has 0 aliphatic rings. The Morgan fingerprint density at radius 2 is 1.29 bits per heavy atom. The van der Waals surface area contributed by atoms with Gasteiger partial charge in [0.1, 0.15) is 0 Å². The molecule has 0 fully saturated rings. The van der Waals surface area contributed by atoms with Crippen molar-refractivity contribution in [2.45, 2.75) is 122 Å². The standard InChI is InChI=1S/C31H53NO5S/c1-3-5-7-9-11-13-15-16-17-19-21-23-25-27-31(34)32-29(28-38(35,36)37)30(33)26-24-22-20-18-14-12-10-8-6-4-2/h5,7,11,13-14,16-18,24,26,29-30,33H,3-4,6,8-10,12,15,19-23,25,27-28H2,1-2H3,(H,32,34)(H,35,36,37)/b7-5-,13-11-,17-16-,18-14+,26-24+. The normalized spacial score (nSPS) is 14.5. The number of nitrogens with one attached hydrogen (secondary N) is 1. The topological polar surface area (TPSA) is 104 Å². The lowest BCUT2D eigenvalue weighted by molar-refractivity contribution is -0.122. The molecule has 0 heterocycles. The van der Waals surface area contributed by atoms with Crippen molar-refractivity contribution in [2.24, 2.45) is 0 Å². The third kappa shape index (κ3) is 25.7. The summed E-state index contributed by atoms with van der Waals surface area (Å²) in [6.45, 7) is 4.31. The summed E-state index contributed by atoms with van der Waals surface area (Å²) in [6, 6.07) is -1.09. The van der Waals surface area contributed by atoms with E-state index in [1.54, 1.807) is 6.08 Å². The molecular formula is C31H53NO5S. The summed E-state index contributed by atoms with van der Waals surface area (Å²) in [7, 11) is -4.35. The Kier molecular flexibility index (Phi) is 24.0. The average molecular weight is 552 g/mol. The molecule has 2 atom stereocenters. The van der Waals surface area contributed by atoms with E-state index in [-0.39, 0.29) is 12.3 Å². The predicted molar refractivity (Wildman–Crippen MR) is 161 cm³/mol. The highest BCUT2D eigenvalue weighted by Crippen LogP contribution is 2.08. The van der Waals surface area contributed by atoms with Gasteiger partial charge < -0.3 is 10.4 Å². The van der Waals surface area contributed by atoms with Crippen LogP contribution in [0.4, 0.5) is 0 Å². The fraction of sp³-hybridized carbons (Fsp3) is 0.645. The van der Waals surface area contributed by atoms with Gasteiger partial charge in [0.15, 0.2) is 0 Å². The summed E-state index contributed by atoms with van der Waals surface area (Å²) >= 11 is 0. The monoisotopic (exact) mass is 551 g/mol. The fourth-order valence-corrected chi connectivity index (χ4v) is 4.50. The lowest BCUT2D eigenvalue weighted by Crippen LogP contribution is -2.46. The Morgan fingerprint density at radius 1 is 0.737 bits per heavy atom. The number of allylic oxidation sites excluding steroid dienone is 9. The number of unbranched alkanes of at least 4 members (excludes halogenated alkanes) is 8. The third-order valence-electron chi connectivity index (χ3n) is 5.93. The van der Waals surface area contributed by atoms with Crippen molar-refractivity contribution < 1.29 is 22.9 Å². The molecule has 1 amide bonds. The van der Waals surface area contributed by atoms with Crippen LogP contribution in [0.5, 0.6) is 0 Å². The van der Waals surface area contributed by atoms with E-state index < -0.39 is 28.0 Å². The van der Waals surface area contributed by atoms with Crippen LogP contribution in [0.3, 0.4) is 0 Å². The quantitative estimate of drug-likeness (QED) is 0.0659. The summed E-state index contributed by atoms with van der Waals surface area (Å²) in [4.78, 5) is 12.3. The molecule has 0 aliphatic heterocycles. The minimum absolute atomic E-state index is 0.249. The van der Waals surface area contributed by atoms with Crippen molar-refractivity contribution in [3.05, 3.63) is 60.8 Å². The van der Waals surface area contributed by atoms with Gasteiger partial charge in [-0.25, -0.2) is 0 Å². The number of carbonyl (C=O) groups is 1. The van der Waals surface area contributed by atoms with Crippen LogP contribution in [0.1, 0.15) is 110 Å². The van der Waals surface area contributed by atoms with Crippen molar-refractivity contribution >= 4 is 16.0 Å². The first-order chi connectivity index (χ1) is 18.3. The largest absolute Gasteiger partial charge is 0.387 e. The first kappa shape index (κ1) is 36.0. The number of amides is 1. The van der Waals surface area contributed by atoms with E-state index in [9.17, 15) is 22.9 Å². The smallest absolute Gasteiger partial charge is 0.267 e. The number of aliphatic hydroxyl groups excluding tert-OH is 1. The van der Waals surface area contributed by atoms with Crippen molar-refractivity contribution in [3.63, 3.8) is 0 Å². The van der Waals surface area contributed by atoms with Crippen molar-refractivity contribution in [2.75, 3.05) is 5.75 Å². The molecule has 0 spiro atoms. The molecule has 0 saturated heterocycles. The van der Waals surface area contributed by atoms with Gasteiger partial charge in [0.2, 0.25) is 5.91 Å². The predicted octanol–water partition coefficient (Wildman–Crippen LogP) is 7.39. The summed E-state index contributed by atoms with van der Waals surface area (Å²) < 4.78 is 32.1. The van der Waals surface area contributed by atoms with Gasteiger partial charge in [-0.1, -0.05) is 100 Å². The van der Waals surface area contributed by atoms with E-state index in [1.807, 2.05) is 0 Å². The molecular weight excluding hydrogens is 498 g/mol. The Balaban J connectivity index is 4.26. The van der Waals surface area contributed by atoms with Gasteiger partial charge >= 0.3 is 0 Å². The van der Waals surface area contributed by atoms with Crippen LogP contribution in [-0.2, 0) is 14.9 Å². The second-order valence-corrected chi connectivity index (χ2v) is 11.1. The number of rotatable bonds is 24. The van der Waals surface area contributed by atoms with E-state index in [1.165, 1.54) is 31.8 Å². The molecule has 0 aliphatic carbocycles. The number of hydrogen-bond acceptors (Lipinski definition) is 4. The van der Waals surface area contributed by atoms with E-state index in [0.717, 1.165) is 51.4 Å². The van der Waals surface area contributed by atoms with E-state index in [2.05, 4.69) is 67.8 Å². The highest BCUT2D eigenvalue weighted by atomic mass is 32.2. The first-order valence-corrected chi connectivity index (χ1v) is 16.1. The number of hydrogen-bond donors (Lipinski definition) is 3. The molecule has 2 unspecified atom stereocenters. The van der Waals surface area contributed by atoms with Gasteiger partial charge in [-0.05, 0) is 64.2 Å². The summed E-state index contributed by atoms with van der Waals surface area (Å²) in [5, 5.41) is 13.0. The van der Waals surface area contributed by atoms with Crippen LogP contribution < -0.4 is 5.32 Å². The third-order valence-corrected chi connectivity index (χ3v) is 6.71. The van der Waals surface area contributed by atoms with Gasteiger partial charge in [-0.15, -0.1) is 0 Å². The van der Waals surface area contributed by atoms with Crippen LogP contribution >= 0.6 is 0 Å². The molecule has 0 radical (unpaired) electrons. The van der Waals surface area contributed by atoms with E-state index in [0.29, 0.717) is 12.8 Å². The molecule has 0 saturated carbocycles. The Hall–Kier alpha value is -1.96. The van der Waals surface area contributed by atoms with Gasteiger partial charge in [0, 0.05) is 6.42 Å². The van der Waals surface area contributed by atoms with Gasteiger partial charge in [0.25, 0.3) is 10.1 Å². The van der Waals surface area contributed by atoms with Crippen LogP contribution in [0, 0.1) is 0 Å². The maximum absolute atomic E-state index is 12.3. The minimum atomic E-state index is -4.35. The zero-order valence-electron chi connectivity index (χ0n) is 23.8. The fourth-order valence-electron chi connectivity index (χ4n) is 3.77. The lowest BCUT2D eigenvalue weighted by atomic mass is 10.1. The van der Waals surface area contributed by atoms with Gasteiger partial charge in [-0.3, -0.25) is 9.35 Å². The van der Waals surface area contributed by atoms with Crippen LogP contribution in [0.15, 0.2) is 60.8 Å². The Bertz CT molecular complexity index is 827. The molecule has 0 aromatic heterocycles. The van der Waals surface area contributed by atoms with Crippen molar-refractivity contribution in [3.8, 4) is 0 Å². The molecule has 0 bridgehead atoms. The molecule has 3 N–H and O–H groups in total. The van der Waals surface area contributed by atoms with Crippen molar-refractivity contribution in [1.29, 1.82) is 0 Å². The van der Waals surface area contributed by atoms with Crippen LogP contribution in [0.2, 0.25) is 0 Å². The maximum atomic E-state index is 12.3. The summed E-state index contributed by atoms with van der Waals surface area (Å²) in [5.74, 6) is -1.05. The van der Waals surface area contributed by atoms with Gasteiger partial charge in [-0.2, -0.15) is 8.42 Å². The Morgan fingerprint density at radius 3 is 1.92 bits per heavy atom. The highest BCUT2D eigenvalue weighted by molar-refractivity contribution is 7.85. The lowest BCUT2D eigenvalue weighted by Gasteiger charge is -2.21. The highest BCUT2D eigenvalue weighted by Gasteiger charge is 2.24.